The number of nitrogens with one attached hydrogen (secondary N) is 1. The molecule has 1 aliphatic heterocycles. The van der Waals surface area contributed by atoms with Crippen LogP contribution in [0.5, 0.6) is 0 Å². The highest BCUT2D eigenvalue weighted by molar-refractivity contribution is 9.10. The van der Waals surface area contributed by atoms with Gasteiger partial charge >= 0.3 is 0 Å². The van der Waals surface area contributed by atoms with Gasteiger partial charge in [-0.1, -0.05) is 28.1 Å². The molecule has 0 bridgehead atoms. The molecule has 0 spiro atoms. The highest BCUT2D eigenvalue weighted by Crippen LogP contribution is 2.29. The second-order valence-electron chi connectivity index (χ2n) is 6.87. The van der Waals surface area contributed by atoms with E-state index in [0.717, 1.165) is 0 Å². The van der Waals surface area contributed by atoms with Crippen molar-refractivity contribution in [3.05, 3.63) is 52.5 Å². The first-order valence-electron chi connectivity index (χ1n) is 9.58. The van der Waals surface area contributed by atoms with E-state index in [1.165, 1.54) is 18.5 Å². The van der Waals surface area contributed by atoms with Gasteiger partial charge in [0.15, 0.2) is 0 Å². The fourth-order valence-electron chi connectivity index (χ4n) is 3.14. The van der Waals surface area contributed by atoms with Gasteiger partial charge in [-0.2, -0.15) is 0 Å². The van der Waals surface area contributed by atoms with Crippen LogP contribution in [-0.4, -0.2) is 64.5 Å². The van der Waals surface area contributed by atoms with Crippen molar-refractivity contribution in [2.45, 2.75) is 17.9 Å². The molecule has 1 N–H and O–H groups in total. The van der Waals surface area contributed by atoms with Crippen molar-refractivity contribution >= 4 is 55.7 Å². The highest BCUT2D eigenvalue weighted by Gasteiger charge is 2.28. The van der Waals surface area contributed by atoms with Crippen molar-refractivity contribution < 1.29 is 17.9 Å². The summed E-state index contributed by atoms with van der Waals surface area (Å²) in [5, 5.41) is 0. The van der Waals surface area contributed by atoms with Crippen molar-refractivity contribution in [2.75, 3.05) is 31.5 Å². The maximum atomic E-state index is 13.2. The molecule has 1 saturated heterocycles. The Labute approximate surface area is 190 Å². The molecular formula is C21H23BrN4O4S. The lowest BCUT2D eigenvalue weighted by molar-refractivity contribution is 0.00365. The standard InChI is InChI=1S/C21H23BrN4O4S/c1-15-14-30-12-11-26(15)21(27)17-8-7-16(22)13-19(17)25-31(28,29)20-6-4-3-5-18(20)24-10-9-23-2/h3-10,13,15,25H,11-12,14H2,1-2H3/t15-/m0/s1. The van der Waals surface area contributed by atoms with Crippen LogP contribution in [0, 0.1) is 0 Å². The van der Waals surface area contributed by atoms with E-state index in [9.17, 15) is 13.2 Å². The summed E-state index contributed by atoms with van der Waals surface area (Å²) in [7, 11) is -2.43. The van der Waals surface area contributed by atoms with Gasteiger partial charge in [0.05, 0.1) is 36.2 Å². The van der Waals surface area contributed by atoms with Crippen LogP contribution in [0.3, 0.4) is 0 Å². The second kappa shape index (κ2) is 10.2. The Hall–Kier alpha value is -2.56. The molecule has 0 aliphatic carbocycles. The molecule has 2 aromatic rings. The first-order valence-corrected chi connectivity index (χ1v) is 11.9. The third kappa shape index (κ3) is 5.57. The zero-order chi connectivity index (χ0) is 22.4. The molecule has 0 aromatic heterocycles. The first-order chi connectivity index (χ1) is 14.8. The molecule has 10 heteroatoms. The van der Waals surface area contributed by atoms with Crippen LogP contribution < -0.4 is 4.72 Å². The molecular weight excluding hydrogens is 484 g/mol. The van der Waals surface area contributed by atoms with Crippen molar-refractivity contribution in [2.24, 2.45) is 9.98 Å². The Morgan fingerprint density at radius 2 is 2.03 bits per heavy atom. The summed E-state index contributed by atoms with van der Waals surface area (Å²) in [6.07, 6.45) is 2.88. The number of ether oxygens (including phenoxy) is 1. The summed E-state index contributed by atoms with van der Waals surface area (Å²) in [5.74, 6) is -0.258. The molecule has 0 unspecified atom stereocenters. The quantitative estimate of drug-likeness (QED) is 0.605. The van der Waals surface area contributed by atoms with Crippen LogP contribution in [0.4, 0.5) is 11.4 Å². The molecule has 0 saturated carbocycles. The number of carbonyl (C=O) groups is 1. The molecule has 1 atom stereocenters. The average Bonchev–Trinajstić information content (AvgIpc) is 2.74. The van der Waals surface area contributed by atoms with Gasteiger partial charge < -0.3 is 9.64 Å². The van der Waals surface area contributed by atoms with Crippen LogP contribution in [0.1, 0.15) is 17.3 Å². The molecule has 3 rings (SSSR count). The summed E-state index contributed by atoms with van der Waals surface area (Å²) in [4.78, 5) is 22.8. The lowest BCUT2D eigenvalue weighted by atomic mass is 10.1. The zero-order valence-corrected chi connectivity index (χ0v) is 19.6. The number of anilines is 1. The molecule has 2 aromatic carbocycles. The van der Waals surface area contributed by atoms with E-state index in [4.69, 9.17) is 4.74 Å². The fraction of sp³-hybridized carbons (Fsp3) is 0.286. The van der Waals surface area contributed by atoms with E-state index in [-0.39, 0.29) is 33.8 Å². The van der Waals surface area contributed by atoms with E-state index in [0.29, 0.717) is 24.2 Å². The Balaban J connectivity index is 1.98. The normalized spacial score (nSPS) is 17.4. The molecule has 31 heavy (non-hydrogen) atoms. The maximum absolute atomic E-state index is 13.2. The van der Waals surface area contributed by atoms with E-state index in [1.807, 2.05) is 6.92 Å². The minimum Gasteiger partial charge on any atom is -0.377 e. The van der Waals surface area contributed by atoms with Gasteiger partial charge in [-0.25, -0.2) is 8.42 Å². The first kappa shape index (κ1) is 23.1. The number of halogens is 1. The number of morpholine rings is 1. The molecule has 8 nitrogen and oxygen atoms in total. The van der Waals surface area contributed by atoms with Crippen molar-refractivity contribution in [3.63, 3.8) is 0 Å². The predicted molar refractivity (Wildman–Crippen MR) is 125 cm³/mol. The highest BCUT2D eigenvalue weighted by atomic mass is 79.9. The number of sulfonamides is 1. The van der Waals surface area contributed by atoms with Gasteiger partial charge in [0.1, 0.15) is 4.90 Å². The van der Waals surface area contributed by atoms with E-state index in [2.05, 4.69) is 30.6 Å². The average molecular weight is 507 g/mol. The van der Waals surface area contributed by atoms with Crippen molar-refractivity contribution in [1.29, 1.82) is 0 Å². The Bertz CT molecular complexity index is 1120. The fourth-order valence-corrected chi connectivity index (χ4v) is 4.73. The van der Waals surface area contributed by atoms with Gasteiger partial charge in [0.25, 0.3) is 15.9 Å². The monoisotopic (exact) mass is 506 g/mol. The number of para-hydroxylation sites is 1. The van der Waals surface area contributed by atoms with Gasteiger partial charge in [-0.3, -0.25) is 19.5 Å². The molecule has 1 fully saturated rings. The number of nitrogens with zero attached hydrogens (tertiary/aromatic N) is 3. The van der Waals surface area contributed by atoms with Gasteiger partial charge in [-0.05, 0) is 37.3 Å². The SMILES string of the molecule is CN=CC=Nc1ccccc1S(=O)(=O)Nc1cc(Br)ccc1C(=O)N1CCOC[C@@H]1C. The van der Waals surface area contributed by atoms with Crippen LogP contribution in [-0.2, 0) is 14.8 Å². The Morgan fingerprint density at radius 3 is 2.77 bits per heavy atom. The minimum absolute atomic E-state index is 0.00568. The molecule has 1 heterocycles. The lowest BCUT2D eigenvalue weighted by Gasteiger charge is -2.33. The number of aliphatic imine (C=N–C) groups is 2. The van der Waals surface area contributed by atoms with E-state index in [1.54, 1.807) is 48.3 Å². The van der Waals surface area contributed by atoms with Gasteiger partial charge in [0, 0.05) is 30.5 Å². The largest absolute Gasteiger partial charge is 0.377 e. The summed E-state index contributed by atoms with van der Waals surface area (Å²) < 4.78 is 35.0. The number of benzene rings is 2. The second-order valence-corrected chi connectivity index (χ2v) is 9.44. The Morgan fingerprint density at radius 1 is 1.26 bits per heavy atom. The van der Waals surface area contributed by atoms with E-state index >= 15 is 0 Å². The molecule has 1 aliphatic rings. The Kier molecular flexibility index (Phi) is 7.58. The van der Waals surface area contributed by atoms with Crippen molar-refractivity contribution in [1.82, 2.24) is 4.90 Å². The number of carbonyl (C=O) groups excluding carboxylic acids is 1. The lowest BCUT2D eigenvalue weighted by Crippen LogP contribution is -2.47. The van der Waals surface area contributed by atoms with Crippen molar-refractivity contribution in [3.8, 4) is 0 Å². The predicted octanol–water partition coefficient (Wildman–Crippen LogP) is 3.51. The number of amides is 1. The molecule has 0 radical (unpaired) electrons. The zero-order valence-electron chi connectivity index (χ0n) is 17.2. The summed E-state index contributed by atoms with van der Waals surface area (Å²) in [5.41, 5.74) is 0.714. The molecule has 164 valence electrons. The molecule has 1 amide bonds. The number of hydrogen-bond acceptors (Lipinski definition) is 6. The van der Waals surface area contributed by atoms with Crippen LogP contribution >= 0.6 is 15.9 Å². The van der Waals surface area contributed by atoms with Crippen LogP contribution in [0.25, 0.3) is 0 Å². The summed E-state index contributed by atoms with van der Waals surface area (Å²) in [6, 6.07) is 11.1. The van der Waals surface area contributed by atoms with Gasteiger partial charge in [-0.15, -0.1) is 0 Å². The third-order valence-corrected chi connectivity index (χ3v) is 6.58. The van der Waals surface area contributed by atoms with Gasteiger partial charge in [0.2, 0.25) is 0 Å². The summed E-state index contributed by atoms with van der Waals surface area (Å²) in [6.45, 7) is 3.22. The summed E-state index contributed by atoms with van der Waals surface area (Å²) >= 11 is 3.36. The smallest absolute Gasteiger partial charge is 0.264 e. The minimum atomic E-state index is -4.02. The van der Waals surface area contributed by atoms with E-state index < -0.39 is 10.0 Å². The van der Waals surface area contributed by atoms with Crippen LogP contribution in [0.15, 0.2) is 61.8 Å². The third-order valence-electron chi connectivity index (χ3n) is 4.67. The maximum Gasteiger partial charge on any atom is 0.264 e. The number of rotatable bonds is 6. The number of hydrogen-bond donors (Lipinski definition) is 1. The topological polar surface area (TPSA) is 100 Å². The van der Waals surface area contributed by atoms with Crippen LogP contribution in [0.2, 0.25) is 0 Å².